The Morgan fingerprint density at radius 1 is 1.12 bits per heavy atom. The lowest BCUT2D eigenvalue weighted by Crippen LogP contribution is -2.51. The summed E-state index contributed by atoms with van der Waals surface area (Å²) in [6, 6.07) is 10.7. The Balaban J connectivity index is 1.41. The number of piperidine rings is 2. The summed E-state index contributed by atoms with van der Waals surface area (Å²) in [6.07, 6.45) is 5.74. The Kier molecular flexibility index (Phi) is 6.45. The van der Waals surface area contributed by atoms with Crippen molar-refractivity contribution in [1.82, 2.24) is 15.1 Å². The third kappa shape index (κ3) is 5.56. The molecule has 1 aromatic rings. The molecule has 1 aromatic carbocycles. The van der Waals surface area contributed by atoms with Gasteiger partial charge in [-0.05, 0) is 44.2 Å². The van der Waals surface area contributed by atoms with Gasteiger partial charge in [-0.3, -0.25) is 9.59 Å². The average Bonchev–Trinajstić information content (AvgIpc) is 2.63. The minimum absolute atomic E-state index is 0.00911. The summed E-state index contributed by atoms with van der Waals surface area (Å²) >= 11 is 0. The minimum atomic E-state index is -0.00911. The highest BCUT2D eigenvalue weighted by atomic mass is 16.2. The number of hydrogen-bond donors (Lipinski definition) is 1. The van der Waals surface area contributed by atoms with Crippen LogP contribution >= 0.6 is 0 Å². The Morgan fingerprint density at radius 3 is 2.76 bits per heavy atom. The number of amides is 2. The van der Waals surface area contributed by atoms with Crippen LogP contribution in [0.3, 0.4) is 0 Å². The summed E-state index contributed by atoms with van der Waals surface area (Å²) in [4.78, 5) is 28.3. The van der Waals surface area contributed by atoms with Gasteiger partial charge in [-0.1, -0.05) is 30.3 Å². The maximum absolute atomic E-state index is 12.3. The standard InChI is InChI=1S/C20H29N3O2/c24-19(16-23-13-5-4-10-20(23)25)21-18-9-6-12-22(15-18)14-11-17-7-2-1-3-8-17/h1-3,7-8,18H,4-6,9-16H2,(H,21,24)/t18-/m0/s1. The zero-order chi connectivity index (χ0) is 17.5. The molecule has 0 saturated carbocycles. The summed E-state index contributed by atoms with van der Waals surface area (Å²) in [5.41, 5.74) is 1.36. The number of nitrogens with one attached hydrogen (secondary N) is 1. The Morgan fingerprint density at radius 2 is 1.96 bits per heavy atom. The van der Waals surface area contributed by atoms with Crippen molar-refractivity contribution in [2.75, 3.05) is 32.7 Å². The number of carbonyl (C=O) groups is 2. The van der Waals surface area contributed by atoms with Crippen LogP contribution in [0.5, 0.6) is 0 Å². The zero-order valence-corrected chi connectivity index (χ0v) is 15.0. The molecule has 5 heteroatoms. The molecular formula is C20H29N3O2. The minimum Gasteiger partial charge on any atom is -0.351 e. The van der Waals surface area contributed by atoms with E-state index >= 15 is 0 Å². The van der Waals surface area contributed by atoms with Gasteiger partial charge in [-0.15, -0.1) is 0 Å². The summed E-state index contributed by atoms with van der Waals surface area (Å²) < 4.78 is 0. The Labute approximate surface area is 150 Å². The Bertz CT molecular complexity index is 576. The second kappa shape index (κ2) is 8.99. The lowest BCUT2D eigenvalue weighted by atomic mass is 10.0. The molecule has 2 heterocycles. The predicted molar refractivity (Wildman–Crippen MR) is 98.2 cm³/mol. The first-order chi connectivity index (χ1) is 12.2. The van der Waals surface area contributed by atoms with E-state index in [0.29, 0.717) is 6.42 Å². The van der Waals surface area contributed by atoms with Crippen molar-refractivity contribution < 1.29 is 9.59 Å². The van der Waals surface area contributed by atoms with Crippen molar-refractivity contribution in [3.8, 4) is 0 Å². The maximum atomic E-state index is 12.3. The second-order valence-corrected chi connectivity index (χ2v) is 7.22. The highest BCUT2D eigenvalue weighted by Crippen LogP contribution is 2.13. The molecule has 0 aromatic heterocycles. The second-order valence-electron chi connectivity index (χ2n) is 7.22. The number of benzene rings is 1. The molecule has 136 valence electrons. The van der Waals surface area contributed by atoms with Crippen LogP contribution in [0.4, 0.5) is 0 Å². The third-order valence-corrected chi connectivity index (χ3v) is 5.19. The molecule has 1 N–H and O–H groups in total. The summed E-state index contributed by atoms with van der Waals surface area (Å²) in [7, 11) is 0. The lowest BCUT2D eigenvalue weighted by molar-refractivity contribution is -0.138. The summed E-state index contributed by atoms with van der Waals surface area (Å²) in [5, 5.41) is 3.14. The van der Waals surface area contributed by atoms with Crippen molar-refractivity contribution >= 4 is 11.8 Å². The van der Waals surface area contributed by atoms with Crippen LogP contribution in [0.15, 0.2) is 30.3 Å². The van der Waals surface area contributed by atoms with Crippen molar-refractivity contribution in [3.05, 3.63) is 35.9 Å². The fourth-order valence-electron chi connectivity index (χ4n) is 3.78. The van der Waals surface area contributed by atoms with E-state index in [1.54, 1.807) is 4.90 Å². The molecule has 2 amide bonds. The van der Waals surface area contributed by atoms with Gasteiger partial charge >= 0.3 is 0 Å². The molecule has 0 radical (unpaired) electrons. The molecule has 2 fully saturated rings. The SMILES string of the molecule is O=C(CN1CCCCC1=O)N[C@H]1CCCN(CCc2ccccc2)C1. The normalized spacial score (nSPS) is 22.0. The maximum Gasteiger partial charge on any atom is 0.239 e. The number of likely N-dealkylation sites (tertiary alicyclic amines) is 2. The number of hydrogen-bond acceptors (Lipinski definition) is 3. The van der Waals surface area contributed by atoms with E-state index in [0.717, 1.165) is 58.3 Å². The lowest BCUT2D eigenvalue weighted by Gasteiger charge is -2.34. The first kappa shape index (κ1) is 17.9. The molecular weight excluding hydrogens is 314 g/mol. The average molecular weight is 343 g/mol. The highest BCUT2D eigenvalue weighted by Gasteiger charge is 2.24. The predicted octanol–water partition coefficient (Wildman–Crippen LogP) is 1.82. The van der Waals surface area contributed by atoms with Crippen LogP contribution in [0.2, 0.25) is 0 Å². The topological polar surface area (TPSA) is 52.7 Å². The largest absolute Gasteiger partial charge is 0.351 e. The molecule has 3 rings (SSSR count). The molecule has 0 unspecified atom stereocenters. The molecule has 2 aliphatic rings. The van der Waals surface area contributed by atoms with E-state index in [9.17, 15) is 9.59 Å². The van der Waals surface area contributed by atoms with E-state index in [1.807, 2.05) is 6.07 Å². The van der Waals surface area contributed by atoms with Gasteiger partial charge in [0.2, 0.25) is 11.8 Å². The van der Waals surface area contributed by atoms with Crippen molar-refractivity contribution in [2.24, 2.45) is 0 Å². The first-order valence-electron chi connectivity index (χ1n) is 9.54. The van der Waals surface area contributed by atoms with Gasteiger partial charge in [0, 0.05) is 32.1 Å². The number of rotatable bonds is 6. The van der Waals surface area contributed by atoms with Gasteiger partial charge < -0.3 is 15.1 Å². The summed E-state index contributed by atoms with van der Waals surface area (Å²) in [6.45, 7) is 3.98. The van der Waals surface area contributed by atoms with Crippen LogP contribution in [-0.4, -0.2) is 60.4 Å². The van der Waals surface area contributed by atoms with Crippen LogP contribution in [0.1, 0.15) is 37.7 Å². The Hall–Kier alpha value is -1.88. The van der Waals surface area contributed by atoms with E-state index in [2.05, 4.69) is 34.5 Å². The van der Waals surface area contributed by atoms with Crippen LogP contribution in [0, 0.1) is 0 Å². The molecule has 2 aliphatic heterocycles. The van der Waals surface area contributed by atoms with Crippen LogP contribution < -0.4 is 5.32 Å². The van der Waals surface area contributed by atoms with Crippen LogP contribution in [-0.2, 0) is 16.0 Å². The van der Waals surface area contributed by atoms with Gasteiger partial charge in [0.05, 0.1) is 6.54 Å². The monoisotopic (exact) mass is 343 g/mol. The van der Waals surface area contributed by atoms with E-state index in [1.165, 1.54) is 5.56 Å². The smallest absolute Gasteiger partial charge is 0.239 e. The molecule has 1 atom stereocenters. The fraction of sp³-hybridized carbons (Fsp3) is 0.600. The molecule has 0 bridgehead atoms. The van der Waals surface area contributed by atoms with Gasteiger partial charge in [-0.25, -0.2) is 0 Å². The molecule has 0 spiro atoms. The number of carbonyl (C=O) groups excluding carboxylic acids is 2. The van der Waals surface area contributed by atoms with Gasteiger partial charge in [-0.2, -0.15) is 0 Å². The molecule has 25 heavy (non-hydrogen) atoms. The van der Waals surface area contributed by atoms with Crippen molar-refractivity contribution in [2.45, 2.75) is 44.6 Å². The number of nitrogens with zero attached hydrogens (tertiary/aromatic N) is 2. The fourth-order valence-corrected chi connectivity index (χ4v) is 3.78. The van der Waals surface area contributed by atoms with Crippen molar-refractivity contribution in [1.29, 1.82) is 0 Å². The van der Waals surface area contributed by atoms with E-state index in [-0.39, 0.29) is 24.4 Å². The van der Waals surface area contributed by atoms with Crippen LogP contribution in [0.25, 0.3) is 0 Å². The zero-order valence-electron chi connectivity index (χ0n) is 15.0. The van der Waals surface area contributed by atoms with Gasteiger partial charge in [0.15, 0.2) is 0 Å². The quantitative estimate of drug-likeness (QED) is 0.857. The molecule has 0 aliphatic carbocycles. The van der Waals surface area contributed by atoms with Gasteiger partial charge in [0.1, 0.15) is 0 Å². The van der Waals surface area contributed by atoms with Gasteiger partial charge in [0.25, 0.3) is 0 Å². The van der Waals surface area contributed by atoms with E-state index < -0.39 is 0 Å². The highest BCUT2D eigenvalue weighted by molar-refractivity contribution is 5.85. The van der Waals surface area contributed by atoms with E-state index in [4.69, 9.17) is 0 Å². The van der Waals surface area contributed by atoms with Crippen molar-refractivity contribution in [3.63, 3.8) is 0 Å². The summed E-state index contributed by atoms with van der Waals surface area (Å²) in [5.74, 6) is 0.111. The molecule has 2 saturated heterocycles. The third-order valence-electron chi connectivity index (χ3n) is 5.19. The molecule has 5 nitrogen and oxygen atoms in total. The first-order valence-corrected chi connectivity index (χ1v) is 9.54.